The lowest BCUT2D eigenvalue weighted by atomic mass is 10.2. The molecule has 0 saturated heterocycles. The number of aromatic hydroxyl groups is 1. The van der Waals surface area contributed by atoms with Crippen LogP contribution in [0.4, 0.5) is 11.4 Å². The molecule has 3 rings (SSSR count). The fraction of sp³-hybridized carbons (Fsp3) is 0.0476. The molecule has 0 atom stereocenters. The highest BCUT2D eigenvalue weighted by atomic mass is 35.5. The molecule has 0 aromatic heterocycles. The lowest BCUT2D eigenvalue weighted by molar-refractivity contribution is -0.384. The molecule has 10 nitrogen and oxygen atoms in total. The van der Waals surface area contributed by atoms with Gasteiger partial charge >= 0.3 is 0 Å². The van der Waals surface area contributed by atoms with Gasteiger partial charge in [-0.25, -0.2) is 13.8 Å². The Labute approximate surface area is 193 Å². The standard InChI is InChI=1S/C21H17ClN4O6S/c22-16-6-8-17(9-7-16)25(33(31,32)19-4-2-1-3-5-19)14-21(28)24-23-13-15-12-18(26(29)30)10-11-20(15)27/h1-13,27H,14H2,(H,24,28)/b23-13-. The number of hydrogen-bond donors (Lipinski definition) is 2. The average molecular weight is 489 g/mol. The first-order valence-corrected chi connectivity index (χ1v) is 11.1. The third-order valence-electron chi connectivity index (χ3n) is 4.35. The van der Waals surface area contributed by atoms with E-state index in [9.17, 15) is 28.4 Å². The van der Waals surface area contributed by atoms with Crippen molar-refractivity contribution in [1.29, 1.82) is 0 Å². The maximum atomic E-state index is 13.2. The Morgan fingerprint density at radius 3 is 2.42 bits per heavy atom. The number of halogens is 1. The van der Waals surface area contributed by atoms with Gasteiger partial charge in [-0.15, -0.1) is 0 Å². The maximum absolute atomic E-state index is 13.2. The molecule has 0 heterocycles. The molecule has 0 spiro atoms. The van der Waals surface area contributed by atoms with Gasteiger partial charge in [-0.3, -0.25) is 19.2 Å². The van der Waals surface area contributed by atoms with Crippen molar-refractivity contribution >= 4 is 45.1 Å². The van der Waals surface area contributed by atoms with Gasteiger partial charge in [0.2, 0.25) is 0 Å². The van der Waals surface area contributed by atoms with E-state index in [1.165, 1.54) is 36.4 Å². The Kier molecular flexibility index (Phi) is 7.26. The molecule has 33 heavy (non-hydrogen) atoms. The summed E-state index contributed by atoms with van der Waals surface area (Å²) in [6.45, 7) is -0.614. The molecule has 0 unspecified atom stereocenters. The van der Waals surface area contributed by atoms with Crippen LogP contribution < -0.4 is 9.73 Å². The van der Waals surface area contributed by atoms with E-state index in [-0.39, 0.29) is 27.6 Å². The van der Waals surface area contributed by atoms with Gasteiger partial charge in [0.1, 0.15) is 12.3 Å². The Morgan fingerprint density at radius 1 is 1.12 bits per heavy atom. The lowest BCUT2D eigenvalue weighted by Crippen LogP contribution is -2.39. The van der Waals surface area contributed by atoms with Gasteiger partial charge in [-0.1, -0.05) is 29.8 Å². The fourth-order valence-electron chi connectivity index (χ4n) is 2.74. The number of nitro groups is 1. The summed E-state index contributed by atoms with van der Waals surface area (Å²) in [5, 5.41) is 24.7. The van der Waals surface area contributed by atoms with Crippen LogP contribution in [-0.2, 0) is 14.8 Å². The third-order valence-corrected chi connectivity index (χ3v) is 6.39. The molecular formula is C21H17ClN4O6S. The van der Waals surface area contributed by atoms with Crippen LogP contribution in [0, 0.1) is 10.1 Å². The number of phenolic OH excluding ortho intramolecular Hbond substituents is 1. The zero-order valence-corrected chi connectivity index (χ0v) is 18.4. The minimum Gasteiger partial charge on any atom is -0.507 e. The van der Waals surface area contributed by atoms with Gasteiger partial charge in [0.05, 0.1) is 21.7 Å². The van der Waals surface area contributed by atoms with Crippen LogP contribution >= 0.6 is 11.6 Å². The molecule has 1 amide bonds. The summed E-state index contributed by atoms with van der Waals surface area (Å²) >= 11 is 5.89. The molecule has 0 radical (unpaired) electrons. The molecule has 0 aliphatic rings. The molecule has 0 aliphatic heterocycles. The topological polar surface area (TPSA) is 142 Å². The highest BCUT2D eigenvalue weighted by Crippen LogP contribution is 2.25. The number of carbonyl (C=O) groups is 1. The number of hydrogen-bond acceptors (Lipinski definition) is 7. The predicted molar refractivity (Wildman–Crippen MR) is 123 cm³/mol. The first kappa shape index (κ1) is 23.7. The normalized spacial score (nSPS) is 11.3. The zero-order chi connectivity index (χ0) is 24.0. The second kappa shape index (κ2) is 10.1. The smallest absolute Gasteiger partial charge is 0.270 e. The largest absolute Gasteiger partial charge is 0.507 e. The summed E-state index contributed by atoms with van der Waals surface area (Å²) in [4.78, 5) is 22.7. The lowest BCUT2D eigenvalue weighted by Gasteiger charge is -2.23. The van der Waals surface area contributed by atoms with Gasteiger partial charge in [0.15, 0.2) is 0 Å². The highest BCUT2D eigenvalue weighted by Gasteiger charge is 2.27. The van der Waals surface area contributed by atoms with Gasteiger partial charge in [0, 0.05) is 22.7 Å². The molecule has 12 heteroatoms. The predicted octanol–water partition coefficient (Wildman–Crippen LogP) is 3.30. The van der Waals surface area contributed by atoms with Gasteiger partial charge < -0.3 is 5.11 Å². The number of phenols is 1. The van der Waals surface area contributed by atoms with Crippen LogP contribution in [0.3, 0.4) is 0 Å². The van der Waals surface area contributed by atoms with E-state index in [0.717, 1.165) is 28.7 Å². The summed E-state index contributed by atoms with van der Waals surface area (Å²) in [7, 11) is -4.10. The number of benzene rings is 3. The number of amides is 1. The van der Waals surface area contributed by atoms with Gasteiger partial charge in [-0.05, 0) is 42.5 Å². The summed E-state index contributed by atoms with van der Waals surface area (Å²) in [6.07, 6.45) is 1.01. The molecule has 0 aliphatic carbocycles. The van der Waals surface area contributed by atoms with E-state index in [0.29, 0.717) is 5.02 Å². The monoisotopic (exact) mass is 488 g/mol. The quantitative estimate of drug-likeness (QED) is 0.283. The van der Waals surface area contributed by atoms with E-state index < -0.39 is 27.4 Å². The van der Waals surface area contributed by atoms with E-state index in [2.05, 4.69) is 10.5 Å². The van der Waals surface area contributed by atoms with Crippen molar-refractivity contribution in [3.63, 3.8) is 0 Å². The van der Waals surface area contributed by atoms with Crippen molar-refractivity contribution in [1.82, 2.24) is 5.43 Å². The third kappa shape index (κ3) is 5.84. The Balaban J connectivity index is 1.82. The van der Waals surface area contributed by atoms with Crippen LogP contribution in [0.2, 0.25) is 5.02 Å². The van der Waals surface area contributed by atoms with E-state index in [4.69, 9.17) is 11.6 Å². The molecule has 3 aromatic carbocycles. The number of non-ortho nitro benzene ring substituents is 1. The minimum atomic E-state index is -4.10. The maximum Gasteiger partial charge on any atom is 0.270 e. The number of nitro benzene ring substituents is 1. The van der Waals surface area contributed by atoms with E-state index in [1.54, 1.807) is 18.2 Å². The van der Waals surface area contributed by atoms with Crippen molar-refractivity contribution in [2.75, 3.05) is 10.8 Å². The fourth-order valence-corrected chi connectivity index (χ4v) is 4.31. The van der Waals surface area contributed by atoms with Crippen molar-refractivity contribution in [2.24, 2.45) is 5.10 Å². The SMILES string of the molecule is O=C(CN(c1ccc(Cl)cc1)S(=O)(=O)c1ccccc1)N/N=C\c1cc([N+](=O)[O-])ccc1O. The average Bonchev–Trinajstić information content (AvgIpc) is 2.80. The van der Waals surface area contributed by atoms with Crippen molar-refractivity contribution < 1.29 is 23.2 Å². The highest BCUT2D eigenvalue weighted by molar-refractivity contribution is 7.92. The minimum absolute atomic E-state index is 0.00374. The number of nitrogens with one attached hydrogen (secondary N) is 1. The number of carbonyl (C=O) groups excluding carboxylic acids is 1. The molecule has 170 valence electrons. The first-order chi connectivity index (χ1) is 15.7. The number of rotatable bonds is 8. The van der Waals surface area contributed by atoms with Crippen LogP contribution in [0.1, 0.15) is 5.56 Å². The Bertz CT molecular complexity index is 1300. The number of hydrazone groups is 1. The van der Waals surface area contributed by atoms with E-state index in [1.807, 2.05) is 0 Å². The Hall–Kier alpha value is -3.96. The summed E-state index contributed by atoms with van der Waals surface area (Å²) < 4.78 is 27.2. The molecule has 0 bridgehead atoms. The van der Waals surface area contributed by atoms with E-state index >= 15 is 0 Å². The molecular weight excluding hydrogens is 472 g/mol. The van der Waals surface area contributed by atoms with Crippen molar-refractivity contribution in [3.05, 3.63) is 93.5 Å². The summed E-state index contributed by atoms with van der Waals surface area (Å²) in [5.74, 6) is -1.07. The second-order valence-electron chi connectivity index (χ2n) is 6.59. The molecule has 0 saturated carbocycles. The number of sulfonamides is 1. The molecule has 2 N–H and O–H groups in total. The second-order valence-corrected chi connectivity index (χ2v) is 8.89. The summed E-state index contributed by atoms with van der Waals surface area (Å²) in [5.41, 5.74) is 2.09. The van der Waals surface area contributed by atoms with Crippen molar-refractivity contribution in [2.45, 2.75) is 4.90 Å². The van der Waals surface area contributed by atoms with Gasteiger partial charge in [0.25, 0.3) is 21.6 Å². The molecule has 3 aromatic rings. The Morgan fingerprint density at radius 2 is 1.79 bits per heavy atom. The first-order valence-electron chi connectivity index (χ1n) is 9.31. The zero-order valence-electron chi connectivity index (χ0n) is 16.8. The molecule has 0 fully saturated rings. The van der Waals surface area contributed by atoms with Crippen LogP contribution in [0.5, 0.6) is 5.75 Å². The van der Waals surface area contributed by atoms with Gasteiger partial charge in [-0.2, -0.15) is 5.10 Å². The van der Waals surface area contributed by atoms with Crippen molar-refractivity contribution in [3.8, 4) is 5.75 Å². The van der Waals surface area contributed by atoms with Crippen LogP contribution in [0.15, 0.2) is 82.8 Å². The summed E-state index contributed by atoms with van der Waals surface area (Å²) in [6, 6.07) is 16.8. The van der Waals surface area contributed by atoms with Crippen LogP contribution in [0.25, 0.3) is 0 Å². The number of nitrogens with zero attached hydrogens (tertiary/aromatic N) is 3. The number of anilines is 1. The van der Waals surface area contributed by atoms with Crippen LogP contribution in [-0.4, -0.2) is 37.1 Å².